The molecule has 0 saturated carbocycles. The molecule has 0 bridgehead atoms. The molecule has 3 aromatic carbocycles. The Hall–Kier alpha value is -5.98. The highest BCUT2D eigenvalue weighted by Crippen LogP contribution is 2.38. The molecular formula is C38H28F3N5O3S. The SMILES string of the molecule is O=Cc1cc(-c2ccccc2F)n(C(c2c[nH]c(-c3ccccc3F)c2)N(Cc2c[nH]c(-c3ccccc3F)c2)S(=O)(=O)c2cccnc2)c1. The number of aromatic amines is 2. The minimum Gasteiger partial charge on any atom is -0.361 e. The van der Waals surface area contributed by atoms with Crippen molar-refractivity contribution in [2.24, 2.45) is 0 Å². The third-order valence-electron chi connectivity index (χ3n) is 8.35. The lowest BCUT2D eigenvalue weighted by atomic mass is 10.1. The molecule has 1 atom stereocenters. The highest BCUT2D eigenvalue weighted by atomic mass is 32.2. The van der Waals surface area contributed by atoms with E-state index in [-0.39, 0.29) is 33.8 Å². The van der Waals surface area contributed by atoms with Crippen LogP contribution in [0.15, 0.2) is 139 Å². The molecule has 0 saturated heterocycles. The molecule has 0 aliphatic rings. The summed E-state index contributed by atoms with van der Waals surface area (Å²) < 4.78 is 77.4. The van der Waals surface area contributed by atoms with Crippen LogP contribution in [0.2, 0.25) is 0 Å². The fourth-order valence-corrected chi connectivity index (χ4v) is 7.52. The van der Waals surface area contributed by atoms with Crippen molar-refractivity contribution in [2.75, 3.05) is 0 Å². The number of hydrogen-bond acceptors (Lipinski definition) is 4. The van der Waals surface area contributed by atoms with Gasteiger partial charge in [-0.15, -0.1) is 0 Å². The van der Waals surface area contributed by atoms with E-state index >= 15 is 4.39 Å². The Kier molecular flexibility index (Phi) is 8.79. The van der Waals surface area contributed by atoms with Crippen LogP contribution < -0.4 is 0 Å². The summed E-state index contributed by atoms with van der Waals surface area (Å²) in [6.07, 6.45) is 6.55. The molecule has 0 aliphatic carbocycles. The van der Waals surface area contributed by atoms with Crippen molar-refractivity contribution in [3.63, 3.8) is 0 Å². The van der Waals surface area contributed by atoms with E-state index in [1.807, 2.05) is 0 Å². The minimum absolute atomic E-state index is 0.123. The lowest BCUT2D eigenvalue weighted by molar-refractivity contribution is 0.112. The number of pyridine rings is 1. The maximum absolute atomic E-state index is 15.4. The van der Waals surface area contributed by atoms with Crippen LogP contribution in [0.4, 0.5) is 13.2 Å². The van der Waals surface area contributed by atoms with Gasteiger partial charge in [0.05, 0.1) is 5.69 Å². The monoisotopic (exact) mass is 691 g/mol. The smallest absolute Gasteiger partial charge is 0.246 e. The molecule has 0 amide bonds. The van der Waals surface area contributed by atoms with Crippen LogP contribution in [0.25, 0.3) is 33.8 Å². The van der Waals surface area contributed by atoms with E-state index in [0.29, 0.717) is 34.4 Å². The van der Waals surface area contributed by atoms with Gasteiger partial charge in [-0.2, -0.15) is 4.31 Å². The molecule has 7 aromatic rings. The number of benzene rings is 3. The van der Waals surface area contributed by atoms with Crippen LogP contribution in [0, 0.1) is 17.5 Å². The summed E-state index contributed by atoms with van der Waals surface area (Å²) in [7, 11) is -4.44. The zero-order valence-electron chi connectivity index (χ0n) is 26.2. The van der Waals surface area contributed by atoms with Gasteiger partial charge in [0.25, 0.3) is 0 Å². The molecule has 4 aromatic heterocycles. The highest BCUT2D eigenvalue weighted by molar-refractivity contribution is 7.89. The van der Waals surface area contributed by atoms with Gasteiger partial charge in [-0.05, 0) is 72.3 Å². The topological polar surface area (TPSA) is 104 Å². The van der Waals surface area contributed by atoms with Crippen LogP contribution in [-0.2, 0) is 16.6 Å². The van der Waals surface area contributed by atoms with E-state index in [2.05, 4.69) is 15.0 Å². The van der Waals surface area contributed by atoms with Gasteiger partial charge in [0, 0.05) is 76.7 Å². The molecule has 0 radical (unpaired) electrons. The van der Waals surface area contributed by atoms with Crippen molar-refractivity contribution in [3.05, 3.63) is 168 Å². The van der Waals surface area contributed by atoms with Crippen molar-refractivity contribution in [1.82, 2.24) is 23.8 Å². The van der Waals surface area contributed by atoms with E-state index in [0.717, 1.165) is 0 Å². The summed E-state index contributed by atoms with van der Waals surface area (Å²) in [6.45, 7) is -0.266. The van der Waals surface area contributed by atoms with Crippen LogP contribution in [0.5, 0.6) is 0 Å². The number of carbonyl (C=O) groups excluding carboxylic acids is 1. The number of sulfonamides is 1. The predicted molar refractivity (Wildman–Crippen MR) is 183 cm³/mol. The van der Waals surface area contributed by atoms with E-state index in [4.69, 9.17) is 0 Å². The summed E-state index contributed by atoms with van der Waals surface area (Å²) in [4.78, 5) is 22.2. The zero-order chi connectivity index (χ0) is 34.8. The maximum Gasteiger partial charge on any atom is 0.246 e. The normalized spacial score (nSPS) is 12.3. The van der Waals surface area contributed by atoms with Crippen molar-refractivity contribution in [1.29, 1.82) is 0 Å². The second-order valence-electron chi connectivity index (χ2n) is 11.5. The summed E-state index contributed by atoms with van der Waals surface area (Å²) >= 11 is 0. The lowest BCUT2D eigenvalue weighted by Crippen LogP contribution is -2.38. The quantitative estimate of drug-likeness (QED) is 0.134. The molecule has 4 heterocycles. The third kappa shape index (κ3) is 6.17. The molecule has 250 valence electrons. The summed E-state index contributed by atoms with van der Waals surface area (Å²) in [5.74, 6) is -1.55. The van der Waals surface area contributed by atoms with E-state index in [1.54, 1.807) is 67.0 Å². The van der Waals surface area contributed by atoms with Crippen LogP contribution in [0.1, 0.15) is 27.7 Å². The van der Waals surface area contributed by atoms with E-state index in [1.165, 1.54) is 76.0 Å². The first-order chi connectivity index (χ1) is 24.2. The molecule has 0 aliphatic heterocycles. The average Bonchev–Trinajstić information content (AvgIpc) is 3.90. The Balaban J connectivity index is 1.46. The highest BCUT2D eigenvalue weighted by Gasteiger charge is 2.36. The molecule has 12 heteroatoms. The number of hydrogen-bond donors (Lipinski definition) is 2. The third-order valence-corrected chi connectivity index (χ3v) is 10.1. The summed E-state index contributed by atoms with van der Waals surface area (Å²) in [5.41, 5.74) is 2.66. The number of halogens is 3. The Bertz CT molecular complexity index is 2420. The second kappa shape index (κ2) is 13.5. The number of nitrogens with zero attached hydrogens (tertiary/aromatic N) is 3. The van der Waals surface area contributed by atoms with Crippen LogP contribution in [-0.4, -0.2) is 38.5 Å². The number of carbonyl (C=O) groups is 1. The van der Waals surface area contributed by atoms with Gasteiger partial charge in [0.2, 0.25) is 10.0 Å². The van der Waals surface area contributed by atoms with Crippen LogP contribution >= 0.6 is 0 Å². The van der Waals surface area contributed by atoms with Crippen molar-refractivity contribution < 1.29 is 26.4 Å². The fraction of sp³-hybridized carbons (Fsp3) is 0.0526. The van der Waals surface area contributed by atoms with Crippen LogP contribution in [0.3, 0.4) is 0 Å². The molecule has 2 N–H and O–H groups in total. The van der Waals surface area contributed by atoms with Gasteiger partial charge in [0.15, 0.2) is 6.29 Å². The van der Waals surface area contributed by atoms with Gasteiger partial charge in [-0.3, -0.25) is 9.78 Å². The Morgan fingerprint density at radius 1 is 0.760 bits per heavy atom. The van der Waals surface area contributed by atoms with Gasteiger partial charge >= 0.3 is 0 Å². The standard InChI is InChI=1S/C38H28F3N5O3S/c39-32-12-4-1-9-29(32)35-16-25(19-43-35)23-46(50(48,49)28-8-7-15-42-21-28)38(27-18-36(44-20-27)30-10-2-5-13-33(30)40)45-22-26(24-47)17-37(45)31-11-3-6-14-34(31)41/h1-22,24,38,43-44H,23H2. The van der Waals surface area contributed by atoms with Gasteiger partial charge in [0.1, 0.15) is 28.5 Å². The number of aromatic nitrogens is 4. The molecule has 0 spiro atoms. The second-order valence-corrected chi connectivity index (χ2v) is 13.4. The molecular weight excluding hydrogens is 664 g/mol. The molecule has 0 fully saturated rings. The predicted octanol–water partition coefficient (Wildman–Crippen LogP) is 8.21. The first-order valence-electron chi connectivity index (χ1n) is 15.4. The summed E-state index contributed by atoms with van der Waals surface area (Å²) in [6, 6.07) is 25.9. The van der Waals surface area contributed by atoms with Crippen molar-refractivity contribution >= 4 is 16.3 Å². The Morgan fingerprint density at radius 3 is 1.96 bits per heavy atom. The van der Waals surface area contributed by atoms with Crippen molar-refractivity contribution in [3.8, 4) is 33.8 Å². The minimum atomic E-state index is -4.44. The largest absolute Gasteiger partial charge is 0.361 e. The first-order valence-corrected chi connectivity index (χ1v) is 16.9. The molecule has 50 heavy (non-hydrogen) atoms. The summed E-state index contributed by atoms with van der Waals surface area (Å²) in [5, 5.41) is 0. The number of aldehydes is 1. The van der Waals surface area contributed by atoms with Crippen molar-refractivity contribution in [2.45, 2.75) is 17.6 Å². The Morgan fingerprint density at radius 2 is 1.36 bits per heavy atom. The Labute approximate surface area is 285 Å². The zero-order valence-corrected chi connectivity index (χ0v) is 27.0. The number of rotatable bonds is 11. The van der Waals surface area contributed by atoms with E-state index < -0.39 is 33.6 Å². The molecule has 8 nitrogen and oxygen atoms in total. The molecule has 7 rings (SSSR count). The van der Waals surface area contributed by atoms with Gasteiger partial charge in [-0.1, -0.05) is 36.4 Å². The average molecular weight is 692 g/mol. The number of H-pyrrole nitrogens is 2. The van der Waals surface area contributed by atoms with E-state index in [9.17, 15) is 22.0 Å². The molecule has 1 unspecified atom stereocenters. The maximum atomic E-state index is 15.4. The van der Waals surface area contributed by atoms with Gasteiger partial charge < -0.3 is 14.5 Å². The lowest BCUT2D eigenvalue weighted by Gasteiger charge is -2.33. The first kappa shape index (κ1) is 32.6. The van der Waals surface area contributed by atoms with Gasteiger partial charge in [-0.25, -0.2) is 21.6 Å². The number of nitrogens with one attached hydrogen (secondary N) is 2. The fourth-order valence-electron chi connectivity index (χ4n) is 6.00.